The number of aliphatic hydroxyl groups excluding tert-OH is 4. The summed E-state index contributed by atoms with van der Waals surface area (Å²) in [5, 5.41) is 42.8. The normalized spacial score (nSPS) is 30.3. The fourth-order valence-electron chi connectivity index (χ4n) is 5.21. The zero-order valence-corrected chi connectivity index (χ0v) is 25.0. The second kappa shape index (κ2) is 11.8. The minimum atomic E-state index is -5.65. The van der Waals surface area contributed by atoms with Crippen LogP contribution in [-0.4, -0.2) is 123 Å². The lowest BCUT2D eigenvalue weighted by Gasteiger charge is -2.29. The third-order valence-corrected chi connectivity index (χ3v) is 9.56. The van der Waals surface area contributed by atoms with Gasteiger partial charge in [0.2, 0.25) is 11.9 Å². The number of anilines is 2. The second-order valence-corrected chi connectivity index (χ2v) is 13.5. The largest absolute Gasteiger partial charge is 0.470 e. The number of phosphoric ester groups is 1. The van der Waals surface area contributed by atoms with E-state index in [1.165, 1.54) is 0 Å². The van der Waals surface area contributed by atoms with Crippen molar-refractivity contribution in [2.75, 3.05) is 18.1 Å². The van der Waals surface area contributed by atoms with Gasteiger partial charge in [-0.25, -0.2) is 14.5 Å². The fraction of sp³-hybridized carbons (Fsp3) is 0.500. The number of rotatable bonds is 9. The Bertz CT molecular complexity index is 2040. The lowest BCUT2D eigenvalue weighted by molar-refractivity contribution is -0.0708. The third kappa shape index (κ3) is 5.97. The molecule has 2 saturated heterocycles. The van der Waals surface area contributed by atoms with Crippen LogP contribution >= 0.6 is 15.4 Å². The molecular formula is C20H26N10O15P2. The van der Waals surface area contributed by atoms with Crippen molar-refractivity contribution in [2.24, 2.45) is 0 Å². The van der Waals surface area contributed by atoms with Crippen molar-refractivity contribution >= 4 is 49.6 Å². The molecule has 27 heteroatoms. The fourth-order valence-corrected chi connectivity index (χ4v) is 7.58. The van der Waals surface area contributed by atoms with E-state index in [2.05, 4.69) is 34.4 Å². The van der Waals surface area contributed by atoms with Gasteiger partial charge in [0.1, 0.15) is 36.6 Å². The van der Waals surface area contributed by atoms with Crippen LogP contribution in [-0.2, 0) is 27.7 Å². The predicted octanol–water partition coefficient (Wildman–Crippen LogP) is -4.71. The summed E-state index contributed by atoms with van der Waals surface area (Å²) < 4.78 is 47.9. The molecule has 4 aromatic rings. The number of nitrogens with two attached hydrogens (primary N) is 2. The number of aliphatic hydroxyl groups is 4. The molecule has 4 aromatic heterocycles. The molecule has 2 aliphatic heterocycles. The van der Waals surface area contributed by atoms with Crippen molar-refractivity contribution in [3.05, 3.63) is 33.4 Å². The number of fused-ring (bicyclic) bond motifs is 2. The van der Waals surface area contributed by atoms with E-state index in [0.29, 0.717) is 0 Å². The molecule has 0 amide bonds. The molecule has 25 nitrogen and oxygen atoms in total. The SMILES string of the molecule is Nc1nc2c(ncn2[C@@H]2O[C@H](C(OP(=O)(O)O)P(=O)(O)OC[C@H]3O[C@@H](n4cnc5c(=O)[nH]c(N)nc54)[C@H](O)[C@@H]3O)[C@@H](O)[C@H]2O)c(=O)[nH]1. The molecule has 13 N–H and O–H groups in total. The number of nitrogen functional groups attached to an aromatic ring is 2. The van der Waals surface area contributed by atoms with Crippen molar-refractivity contribution in [1.29, 1.82) is 0 Å². The summed E-state index contributed by atoms with van der Waals surface area (Å²) in [4.78, 5) is 74.1. The van der Waals surface area contributed by atoms with E-state index >= 15 is 0 Å². The summed E-state index contributed by atoms with van der Waals surface area (Å²) in [7, 11) is -11.2. The van der Waals surface area contributed by atoms with Crippen LogP contribution in [0.1, 0.15) is 12.5 Å². The van der Waals surface area contributed by atoms with Crippen LogP contribution in [0.5, 0.6) is 0 Å². The van der Waals surface area contributed by atoms with Gasteiger partial charge >= 0.3 is 15.4 Å². The molecule has 0 saturated carbocycles. The molecule has 0 aliphatic carbocycles. The highest BCUT2D eigenvalue weighted by molar-refractivity contribution is 7.54. The minimum Gasteiger partial charge on any atom is -0.387 e. The maximum atomic E-state index is 13.5. The molecule has 0 aromatic carbocycles. The highest BCUT2D eigenvalue weighted by atomic mass is 31.2. The first-order chi connectivity index (χ1) is 22.0. The van der Waals surface area contributed by atoms with Crippen LogP contribution in [0.2, 0.25) is 0 Å². The van der Waals surface area contributed by atoms with Crippen LogP contribution in [0, 0.1) is 0 Å². The van der Waals surface area contributed by atoms with E-state index in [0.717, 1.165) is 21.8 Å². The maximum absolute atomic E-state index is 13.5. The van der Waals surface area contributed by atoms with Gasteiger partial charge in [-0.15, -0.1) is 0 Å². The van der Waals surface area contributed by atoms with Crippen LogP contribution < -0.4 is 22.6 Å². The van der Waals surface area contributed by atoms with Crippen LogP contribution in [0.3, 0.4) is 0 Å². The zero-order chi connectivity index (χ0) is 34.2. The Balaban J connectivity index is 1.24. The average Bonchev–Trinajstić information content (AvgIpc) is 3.72. The van der Waals surface area contributed by atoms with Crippen molar-refractivity contribution in [2.45, 2.75) is 54.9 Å². The van der Waals surface area contributed by atoms with Gasteiger partial charge in [-0.1, -0.05) is 0 Å². The Morgan fingerprint density at radius 3 is 1.83 bits per heavy atom. The number of ether oxygens (including phenoxy) is 2. The van der Waals surface area contributed by atoms with Gasteiger partial charge in [0.25, 0.3) is 11.1 Å². The van der Waals surface area contributed by atoms with Crippen molar-refractivity contribution in [3.63, 3.8) is 0 Å². The number of phosphoric acid groups is 1. The molecule has 0 radical (unpaired) electrons. The van der Waals surface area contributed by atoms with Crippen molar-refractivity contribution < 1.29 is 62.8 Å². The van der Waals surface area contributed by atoms with Crippen LogP contribution in [0.25, 0.3) is 22.3 Å². The Kier molecular flexibility index (Phi) is 8.33. The van der Waals surface area contributed by atoms with E-state index in [1.54, 1.807) is 0 Å². The summed E-state index contributed by atoms with van der Waals surface area (Å²) in [5.74, 6) is -3.35. The van der Waals surface area contributed by atoms with Gasteiger partial charge in [0.15, 0.2) is 40.6 Å². The number of aromatic nitrogens is 8. The highest BCUT2D eigenvalue weighted by Gasteiger charge is 2.56. The first-order valence-electron chi connectivity index (χ1n) is 13.2. The van der Waals surface area contributed by atoms with Gasteiger partial charge < -0.3 is 60.6 Å². The number of aromatic amines is 2. The van der Waals surface area contributed by atoms with Crippen molar-refractivity contribution in [3.8, 4) is 0 Å². The van der Waals surface area contributed by atoms with E-state index in [4.69, 9.17) is 25.5 Å². The Labute approximate surface area is 258 Å². The number of hydrogen-bond acceptors (Lipinski definition) is 18. The van der Waals surface area contributed by atoms with Gasteiger partial charge in [-0.05, 0) is 0 Å². The summed E-state index contributed by atoms with van der Waals surface area (Å²) in [6.45, 7) is -1.03. The highest BCUT2D eigenvalue weighted by Crippen LogP contribution is 2.58. The molecule has 2 unspecified atom stereocenters. The molecule has 10 atom stereocenters. The summed E-state index contributed by atoms with van der Waals surface area (Å²) in [5.41, 5.74) is 8.82. The third-order valence-electron chi connectivity index (χ3n) is 7.33. The van der Waals surface area contributed by atoms with Gasteiger partial charge in [0.05, 0.1) is 19.3 Å². The second-order valence-electron chi connectivity index (χ2n) is 10.4. The van der Waals surface area contributed by atoms with Gasteiger partial charge in [-0.2, -0.15) is 9.97 Å². The van der Waals surface area contributed by atoms with E-state index < -0.39 is 88.1 Å². The number of nitrogens with one attached hydrogen (secondary N) is 2. The van der Waals surface area contributed by atoms with Crippen molar-refractivity contribution in [1.82, 2.24) is 39.0 Å². The minimum absolute atomic E-state index is 0.138. The number of imidazole rings is 2. The molecule has 6 heterocycles. The Morgan fingerprint density at radius 2 is 1.32 bits per heavy atom. The summed E-state index contributed by atoms with van der Waals surface area (Å²) >= 11 is 0. The lowest BCUT2D eigenvalue weighted by Crippen LogP contribution is -2.40. The zero-order valence-electron chi connectivity index (χ0n) is 23.2. The summed E-state index contributed by atoms with van der Waals surface area (Å²) in [6.07, 6.45) is -12.7. The Morgan fingerprint density at radius 1 is 0.830 bits per heavy atom. The van der Waals surface area contributed by atoms with Gasteiger partial charge in [-0.3, -0.25) is 37.8 Å². The van der Waals surface area contributed by atoms with Crippen LogP contribution in [0.4, 0.5) is 11.9 Å². The average molecular weight is 708 g/mol. The molecule has 0 bridgehead atoms. The quantitative estimate of drug-likeness (QED) is 0.0727. The first-order valence-corrected chi connectivity index (χ1v) is 16.3. The van der Waals surface area contributed by atoms with E-state index in [-0.39, 0.29) is 34.2 Å². The summed E-state index contributed by atoms with van der Waals surface area (Å²) in [6, 6.07) is 0. The molecule has 47 heavy (non-hydrogen) atoms. The topological polar surface area (TPSA) is 392 Å². The molecule has 0 spiro atoms. The number of hydrogen-bond donors (Lipinski definition) is 11. The van der Waals surface area contributed by atoms with E-state index in [1.807, 2.05) is 0 Å². The number of nitrogens with zero attached hydrogens (tertiary/aromatic N) is 6. The lowest BCUT2D eigenvalue weighted by atomic mass is 10.1. The predicted molar refractivity (Wildman–Crippen MR) is 150 cm³/mol. The molecule has 256 valence electrons. The monoisotopic (exact) mass is 708 g/mol. The molecule has 2 fully saturated rings. The molecular weight excluding hydrogens is 682 g/mol. The van der Waals surface area contributed by atoms with Gasteiger partial charge in [0, 0.05) is 0 Å². The van der Waals surface area contributed by atoms with Crippen LogP contribution in [0.15, 0.2) is 22.2 Å². The Hall–Kier alpha value is -3.68. The standard InChI is InChI=1S/C20H26N10O15P2/c21-19-25-12-5(14(35)27-19)23-2-29(12)16-9(33)7(31)4(43-16)1-42-46(37,38)18(45-47(39,40)41)11-8(32)10(34)17(44-11)30-3-24-6-13(30)26-20(22)28-15(6)36/h2-4,7-11,16-18,31-34H,1H2,(H,37,38)(H2,39,40,41)(H3,21,25,27,35)(H3,22,26,28,36)/t4-,7-,8+,9-,10-,11+,16-,17-,18?/m1/s1. The van der Waals surface area contributed by atoms with E-state index in [9.17, 15) is 53.8 Å². The molecule has 2 aliphatic rings. The molecule has 6 rings (SSSR count). The maximum Gasteiger partial charge on any atom is 0.470 e. The number of H-pyrrole nitrogens is 2. The smallest absolute Gasteiger partial charge is 0.387 e. The first kappa shape index (κ1) is 33.2.